The number of aryl methyl sites for hydroxylation is 2. The average molecular weight is 672 g/mol. The summed E-state index contributed by atoms with van der Waals surface area (Å²) in [5.74, 6) is -0.193. The molecule has 0 saturated carbocycles. The van der Waals surface area contributed by atoms with E-state index in [1.807, 2.05) is 11.9 Å². The lowest BCUT2D eigenvalue weighted by Gasteiger charge is -2.56. The minimum atomic E-state index is -5.01. The third-order valence-electron chi connectivity index (χ3n) is 9.79. The van der Waals surface area contributed by atoms with Crippen LogP contribution in [0.15, 0.2) is 30.3 Å². The predicted octanol–water partition coefficient (Wildman–Crippen LogP) is 6.41. The SMILES string of the molecule is CC(C)[C@H]1c2ccc(F)cc2CC[C@@]1(CCN(C)CCCc1nc2c(C(F)(F)F)cc(C(F)(F)F)cc2[nH]1)C1COCCN1C(=O)[O-]. The summed E-state index contributed by atoms with van der Waals surface area (Å²) < 4.78 is 101. The highest BCUT2D eigenvalue weighted by Gasteiger charge is 2.52. The molecule has 1 N–H and O–H groups in total. The first-order valence-electron chi connectivity index (χ1n) is 15.7. The van der Waals surface area contributed by atoms with Gasteiger partial charge in [-0.15, -0.1) is 0 Å². The number of morpholine rings is 1. The summed E-state index contributed by atoms with van der Waals surface area (Å²) in [6, 6.07) is 5.02. The monoisotopic (exact) mass is 671 g/mol. The van der Waals surface area contributed by atoms with Crippen molar-refractivity contribution < 1.29 is 45.4 Å². The van der Waals surface area contributed by atoms with Gasteiger partial charge in [-0.25, -0.2) is 9.37 Å². The lowest BCUT2D eigenvalue weighted by molar-refractivity contribution is -0.276. The Morgan fingerprint density at radius 1 is 1.15 bits per heavy atom. The van der Waals surface area contributed by atoms with E-state index in [2.05, 4.69) is 23.8 Å². The summed E-state index contributed by atoms with van der Waals surface area (Å²) in [7, 11) is 1.88. The van der Waals surface area contributed by atoms with Gasteiger partial charge in [0.2, 0.25) is 0 Å². The molecule has 258 valence electrons. The van der Waals surface area contributed by atoms with Crippen molar-refractivity contribution in [2.75, 3.05) is 39.9 Å². The molecule has 0 bridgehead atoms. The van der Waals surface area contributed by atoms with E-state index in [0.717, 1.165) is 11.1 Å². The van der Waals surface area contributed by atoms with Gasteiger partial charge in [-0.3, -0.25) is 0 Å². The number of amides is 1. The number of aromatic amines is 1. The number of hydrogen-bond donors (Lipinski definition) is 1. The van der Waals surface area contributed by atoms with Gasteiger partial charge in [-0.05, 0) is 93.0 Å². The average Bonchev–Trinajstić information content (AvgIpc) is 3.41. The smallest absolute Gasteiger partial charge is 0.418 e. The zero-order chi connectivity index (χ0) is 34.3. The van der Waals surface area contributed by atoms with Crippen molar-refractivity contribution in [1.82, 2.24) is 19.8 Å². The molecule has 2 aromatic carbocycles. The number of nitrogens with zero attached hydrogens (tertiary/aromatic N) is 3. The minimum Gasteiger partial charge on any atom is -0.530 e. The van der Waals surface area contributed by atoms with Crippen LogP contribution in [0.5, 0.6) is 0 Å². The molecule has 3 atom stereocenters. The van der Waals surface area contributed by atoms with Gasteiger partial charge in [0.05, 0.1) is 35.9 Å². The number of aromatic nitrogens is 2. The molecule has 1 fully saturated rings. The first-order valence-corrected chi connectivity index (χ1v) is 15.7. The second kappa shape index (κ2) is 13.3. The Labute approximate surface area is 268 Å². The highest BCUT2D eigenvalue weighted by molar-refractivity contribution is 5.80. The van der Waals surface area contributed by atoms with E-state index >= 15 is 0 Å². The van der Waals surface area contributed by atoms with Gasteiger partial charge in [0, 0.05) is 18.4 Å². The van der Waals surface area contributed by atoms with E-state index in [-0.39, 0.29) is 61.2 Å². The van der Waals surface area contributed by atoms with Crippen LogP contribution < -0.4 is 5.11 Å². The summed E-state index contributed by atoms with van der Waals surface area (Å²) >= 11 is 0. The number of halogens is 7. The molecule has 1 saturated heterocycles. The van der Waals surface area contributed by atoms with Crippen LogP contribution >= 0.6 is 0 Å². The number of rotatable bonds is 9. The Bertz CT molecular complexity index is 1590. The molecule has 2 aliphatic rings. The standard InChI is InChI=1S/C33H39F7N4O3/c1-19(2)28-23-7-6-22(34)15-20(23)8-9-31(28,26-18-47-14-13-44(26)30(45)46)10-12-43(3)11-4-5-27-41-25-17-21(32(35,36)37)16-24(29(25)42-27)33(38,39)40/h6-7,15-17,19,26,28H,4-5,8-14,18H2,1-3H3,(H,41,42)(H,45,46)/p-1/t26?,28-,31+/m0/s1. The molecule has 7 nitrogen and oxygen atoms in total. The number of carbonyl (C=O) groups is 1. The van der Waals surface area contributed by atoms with E-state index in [0.29, 0.717) is 44.8 Å². The maximum atomic E-state index is 14.2. The summed E-state index contributed by atoms with van der Waals surface area (Å²) in [5.41, 5.74) is -2.39. The summed E-state index contributed by atoms with van der Waals surface area (Å²) in [4.78, 5) is 22.4. The van der Waals surface area contributed by atoms with Crippen LogP contribution in [0.25, 0.3) is 11.0 Å². The molecule has 1 amide bonds. The Morgan fingerprint density at radius 2 is 1.89 bits per heavy atom. The van der Waals surface area contributed by atoms with Gasteiger partial charge in [0.15, 0.2) is 0 Å². The molecule has 2 heterocycles. The predicted molar refractivity (Wildman–Crippen MR) is 158 cm³/mol. The number of hydrogen-bond acceptors (Lipinski definition) is 5. The molecule has 3 aromatic rings. The number of benzene rings is 2. The zero-order valence-electron chi connectivity index (χ0n) is 26.4. The van der Waals surface area contributed by atoms with Crippen LogP contribution in [0.2, 0.25) is 0 Å². The molecule has 47 heavy (non-hydrogen) atoms. The molecular formula is C33H38F7N4O3-. The second-order valence-electron chi connectivity index (χ2n) is 13.1. The van der Waals surface area contributed by atoms with E-state index < -0.39 is 46.5 Å². The first kappa shape index (κ1) is 34.9. The third kappa shape index (κ3) is 7.23. The fraction of sp³-hybridized carbons (Fsp3) is 0.576. The van der Waals surface area contributed by atoms with Crippen molar-refractivity contribution in [2.45, 2.75) is 70.3 Å². The molecule has 14 heteroatoms. The van der Waals surface area contributed by atoms with Crippen molar-refractivity contribution in [3.8, 4) is 0 Å². The molecule has 0 radical (unpaired) electrons. The van der Waals surface area contributed by atoms with Crippen LogP contribution in [0.4, 0.5) is 35.5 Å². The lowest BCUT2D eigenvalue weighted by Crippen LogP contribution is -2.63. The van der Waals surface area contributed by atoms with Crippen LogP contribution in [-0.4, -0.2) is 71.8 Å². The van der Waals surface area contributed by atoms with E-state index in [9.17, 15) is 40.6 Å². The molecule has 1 aliphatic heterocycles. The van der Waals surface area contributed by atoms with Gasteiger partial charge in [-0.2, -0.15) is 26.3 Å². The molecule has 5 rings (SSSR count). The summed E-state index contributed by atoms with van der Waals surface area (Å²) in [6.45, 7) is 5.84. The Morgan fingerprint density at radius 3 is 2.55 bits per heavy atom. The molecular weight excluding hydrogens is 633 g/mol. The minimum absolute atomic E-state index is 0.0834. The highest BCUT2D eigenvalue weighted by Crippen LogP contribution is 2.55. The topological polar surface area (TPSA) is 84.5 Å². The normalized spacial score (nSPS) is 22.3. The first-order chi connectivity index (χ1) is 22.0. The fourth-order valence-corrected chi connectivity index (χ4v) is 7.76. The Hall–Kier alpha value is -3.39. The van der Waals surface area contributed by atoms with Gasteiger partial charge < -0.3 is 29.4 Å². The molecule has 1 unspecified atom stereocenters. The number of H-pyrrole nitrogens is 1. The van der Waals surface area contributed by atoms with Gasteiger partial charge in [0.1, 0.15) is 23.3 Å². The largest absolute Gasteiger partial charge is 0.530 e. The van der Waals surface area contributed by atoms with Crippen molar-refractivity contribution >= 4 is 17.1 Å². The van der Waals surface area contributed by atoms with Crippen LogP contribution in [0.3, 0.4) is 0 Å². The zero-order valence-corrected chi connectivity index (χ0v) is 26.4. The maximum Gasteiger partial charge on any atom is 0.418 e. The third-order valence-corrected chi connectivity index (χ3v) is 9.79. The van der Waals surface area contributed by atoms with Crippen LogP contribution in [0, 0.1) is 17.2 Å². The van der Waals surface area contributed by atoms with Gasteiger partial charge in [0.25, 0.3) is 0 Å². The fourth-order valence-electron chi connectivity index (χ4n) is 7.76. The highest BCUT2D eigenvalue weighted by atomic mass is 19.4. The van der Waals surface area contributed by atoms with E-state index in [1.165, 1.54) is 11.0 Å². The van der Waals surface area contributed by atoms with Crippen LogP contribution in [-0.2, 0) is 29.9 Å². The number of ether oxygens (including phenoxy) is 1. The number of carbonyl (C=O) groups excluding carboxylic acids is 1. The Balaban J connectivity index is 1.34. The lowest BCUT2D eigenvalue weighted by atomic mass is 9.55. The molecule has 0 spiro atoms. The van der Waals surface area contributed by atoms with Crippen molar-refractivity contribution in [3.63, 3.8) is 0 Å². The Kier molecular flexibility index (Phi) is 9.85. The van der Waals surface area contributed by atoms with Gasteiger partial charge >= 0.3 is 12.4 Å². The summed E-state index contributed by atoms with van der Waals surface area (Å²) in [6.07, 6.45) is -8.82. The number of fused-ring (bicyclic) bond motifs is 2. The van der Waals surface area contributed by atoms with E-state index in [1.54, 1.807) is 12.1 Å². The van der Waals surface area contributed by atoms with Crippen molar-refractivity contribution in [3.05, 3.63) is 64.2 Å². The quantitative estimate of drug-likeness (QED) is 0.266. The second-order valence-corrected chi connectivity index (χ2v) is 13.1. The number of imidazole rings is 1. The van der Waals surface area contributed by atoms with Gasteiger partial charge in [-0.1, -0.05) is 19.9 Å². The number of carboxylic acid groups (broad SMARTS) is 1. The van der Waals surface area contributed by atoms with E-state index in [4.69, 9.17) is 4.74 Å². The number of nitrogens with one attached hydrogen (secondary N) is 1. The van der Waals surface area contributed by atoms with Crippen molar-refractivity contribution in [1.29, 1.82) is 0 Å². The molecule has 1 aromatic heterocycles. The number of alkyl halides is 6. The maximum absolute atomic E-state index is 14.2. The summed E-state index contributed by atoms with van der Waals surface area (Å²) in [5, 5.41) is 12.3. The molecule has 1 aliphatic carbocycles. The van der Waals surface area contributed by atoms with Crippen molar-refractivity contribution in [2.24, 2.45) is 11.3 Å². The van der Waals surface area contributed by atoms with Crippen LogP contribution in [0.1, 0.15) is 67.1 Å².